The molecule has 0 bridgehead atoms. The standard InChI is InChI=1S/C11H19NO/c1-4-7-8-11(5-2)9-13-10-12-6-3/h4-5,7-8,12H,2,6,9-10H2,1,3H3/b7-4-,11-8+. The van der Waals surface area contributed by atoms with Crippen LogP contribution in [-0.4, -0.2) is 19.9 Å². The van der Waals surface area contributed by atoms with Gasteiger partial charge in [-0.25, -0.2) is 0 Å². The Hall–Kier alpha value is -0.860. The van der Waals surface area contributed by atoms with Crippen LogP contribution in [0.1, 0.15) is 13.8 Å². The molecular weight excluding hydrogens is 162 g/mol. The fourth-order valence-electron chi connectivity index (χ4n) is 0.738. The van der Waals surface area contributed by atoms with Gasteiger partial charge in [-0.3, -0.25) is 5.32 Å². The second-order valence-corrected chi connectivity index (χ2v) is 2.57. The lowest BCUT2D eigenvalue weighted by Gasteiger charge is -2.04. The van der Waals surface area contributed by atoms with E-state index in [4.69, 9.17) is 4.74 Å². The van der Waals surface area contributed by atoms with E-state index in [1.165, 1.54) is 0 Å². The van der Waals surface area contributed by atoms with Crippen molar-refractivity contribution >= 4 is 0 Å². The van der Waals surface area contributed by atoms with Gasteiger partial charge in [-0.1, -0.05) is 37.8 Å². The minimum atomic E-state index is 0.595. The van der Waals surface area contributed by atoms with Gasteiger partial charge in [-0.15, -0.1) is 0 Å². The molecule has 1 N–H and O–H groups in total. The Morgan fingerprint density at radius 1 is 1.54 bits per heavy atom. The minimum absolute atomic E-state index is 0.595. The normalized spacial score (nSPS) is 12.3. The molecule has 0 saturated heterocycles. The predicted octanol–water partition coefficient (Wildman–Crippen LogP) is 2.26. The maximum Gasteiger partial charge on any atom is 0.0969 e. The van der Waals surface area contributed by atoms with E-state index < -0.39 is 0 Å². The molecule has 0 atom stereocenters. The topological polar surface area (TPSA) is 21.3 Å². The molecule has 0 saturated carbocycles. The Morgan fingerprint density at radius 2 is 2.31 bits per heavy atom. The molecular formula is C11H19NO. The number of allylic oxidation sites excluding steroid dienone is 3. The third-order valence-electron chi connectivity index (χ3n) is 1.49. The molecule has 0 radical (unpaired) electrons. The van der Waals surface area contributed by atoms with Gasteiger partial charge < -0.3 is 4.74 Å². The van der Waals surface area contributed by atoms with Gasteiger partial charge in [0.25, 0.3) is 0 Å². The van der Waals surface area contributed by atoms with Gasteiger partial charge in [0.1, 0.15) is 0 Å². The summed E-state index contributed by atoms with van der Waals surface area (Å²) in [5.41, 5.74) is 1.09. The first kappa shape index (κ1) is 12.1. The molecule has 0 unspecified atom stereocenters. The van der Waals surface area contributed by atoms with E-state index in [1.54, 1.807) is 0 Å². The van der Waals surface area contributed by atoms with Crippen molar-refractivity contribution in [2.45, 2.75) is 13.8 Å². The summed E-state index contributed by atoms with van der Waals surface area (Å²) >= 11 is 0. The monoisotopic (exact) mass is 181 g/mol. The maximum absolute atomic E-state index is 5.34. The molecule has 0 aromatic heterocycles. The van der Waals surface area contributed by atoms with Crippen molar-refractivity contribution in [3.8, 4) is 0 Å². The first-order valence-electron chi connectivity index (χ1n) is 4.57. The summed E-state index contributed by atoms with van der Waals surface area (Å²) < 4.78 is 5.34. The molecule has 0 rings (SSSR count). The fourth-order valence-corrected chi connectivity index (χ4v) is 0.738. The predicted molar refractivity (Wildman–Crippen MR) is 57.6 cm³/mol. The van der Waals surface area contributed by atoms with Crippen LogP contribution in [0.2, 0.25) is 0 Å². The molecule has 0 heterocycles. The van der Waals surface area contributed by atoms with Crippen molar-refractivity contribution in [3.63, 3.8) is 0 Å². The van der Waals surface area contributed by atoms with E-state index in [-0.39, 0.29) is 0 Å². The highest BCUT2D eigenvalue weighted by Crippen LogP contribution is 1.96. The first-order valence-corrected chi connectivity index (χ1v) is 4.57. The second-order valence-electron chi connectivity index (χ2n) is 2.57. The molecule has 0 aliphatic carbocycles. The van der Waals surface area contributed by atoms with Crippen LogP contribution in [0.5, 0.6) is 0 Å². The van der Waals surface area contributed by atoms with Crippen LogP contribution in [0.25, 0.3) is 0 Å². The molecule has 0 aliphatic rings. The summed E-state index contributed by atoms with van der Waals surface area (Å²) in [4.78, 5) is 0. The zero-order chi connectivity index (χ0) is 9.94. The van der Waals surface area contributed by atoms with Gasteiger partial charge >= 0.3 is 0 Å². The van der Waals surface area contributed by atoms with Crippen LogP contribution in [-0.2, 0) is 4.74 Å². The van der Waals surface area contributed by atoms with Gasteiger partial charge in [-0.05, 0) is 19.0 Å². The van der Waals surface area contributed by atoms with Gasteiger partial charge in [0.05, 0.1) is 13.3 Å². The van der Waals surface area contributed by atoms with Gasteiger partial charge in [0, 0.05) is 0 Å². The number of hydrogen-bond donors (Lipinski definition) is 1. The van der Waals surface area contributed by atoms with Crippen LogP contribution in [0, 0.1) is 0 Å². The highest BCUT2D eigenvalue weighted by atomic mass is 16.5. The van der Waals surface area contributed by atoms with E-state index >= 15 is 0 Å². The van der Waals surface area contributed by atoms with E-state index in [9.17, 15) is 0 Å². The maximum atomic E-state index is 5.34. The van der Waals surface area contributed by atoms with Crippen LogP contribution < -0.4 is 5.32 Å². The van der Waals surface area contributed by atoms with Crippen LogP contribution >= 0.6 is 0 Å². The first-order chi connectivity index (χ1) is 6.35. The smallest absolute Gasteiger partial charge is 0.0969 e. The minimum Gasteiger partial charge on any atom is -0.362 e. The zero-order valence-electron chi connectivity index (χ0n) is 8.55. The van der Waals surface area contributed by atoms with Crippen molar-refractivity contribution in [2.24, 2.45) is 0 Å². The molecule has 0 spiro atoms. The van der Waals surface area contributed by atoms with Crippen LogP contribution in [0.15, 0.2) is 36.5 Å². The SMILES string of the molecule is C=C/C(=C\C=C/C)COCNCC. The molecule has 2 heteroatoms. The zero-order valence-corrected chi connectivity index (χ0v) is 8.55. The number of ether oxygens (including phenoxy) is 1. The highest BCUT2D eigenvalue weighted by Gasteiger charge is 1.89. The molecule has 0 aromatic carbocycles. The largest absolute Gasteiger partial charge is 0.362 e. The second kappa shape index (κ2) is 9.23. The summed E-state index contributed by atoms with van der Waals surface area (Å²) in [5.74, 6) is 0. The Kier molecular flexibility index (Phi) is 8.62. The lowest BCUT2D eigenvalue weighted by Crippen LogP contribution is -2.17. The van der Waals surface area contributed by atoms with Gasteiger partial charge in [-0.2, -0.15) is 0 Å². The molecule has 13 heavy (non-hydrogen) atoms. The van der Waals surface area contributed by atoms with Crippen molar-refractivity contribution in [3.05, 3.63) is 36.5 Å². The molecule has 0 amide bonds. The number of nitrogens with one attached hydrogen (secondary N) is 1. The average molecular weight is 181 g/mol. The fraction of sp³-hybridized carbons (Fsp3) is 0.455. The van der Waals surface area contributed by atoms with E-state index in [2.05, 4.69) is 11.9 Å². The lowest BCUT2D eigenvalue weighted by molar-refractivity contribution is 0.140. The van der Waals surface area contributed by atoms with Crippen molar-refractivity contribution < 1.29 is 4.74 Å². The Labute approximate surface area is 81.0 Å². The lowest BCUT2D eigenvalue weighted by atomic mass is 10.2. The van der Waals surface area contributed by atoms with E-state index in [0.29, 0.717) is 13.3 Å². The summed E-state index contributed by atoms with van der Waals surface area (Å²) in [6.07, 6.45) is 7.77. The summed E-state index contributed by atoms with van der Waals surface area (Å²) in [6, 6.07) is 0. The Balaban J connectivity index is 3.65. The molecule has 0 aromatic rings. The summed E-state index contributed by atoms with van der Waals surface area (Å²) in [5, 5.41) is 3.08. The van der Waals surface area contributed by atoms with Gasteiger partial charge in [0.2, 0.25) is 0 Å². The number of rotatable bonds is 7. The van der Waals surface area contributed by atoms with Crippen molar-refractivity contribution in [2.75, 3.05) is 19.9 Å². The van der Waals surface area contributed by atoms with E-state index in [0.717, 1.165) is 12.1 Å². The third kappa shape index (κ3) is 7.50. The molecule has 74 valence electrons. The number of hydrogen-bond acceptors (Lipinski definition) is 2. The molecule has 0 aliphatic heterocycles. The highest BCUT2D eigenvalue weighted by molar-refractivity contribution is 5.22. The van der Waals surface area contributed by atoms with E-state index in [1.807, 2.05) is 38.2 Å². The molecule has 0 fully saturated rings. The van der Waals surface area contributed by atoms with Gasteiger partial charge in [0.15, 0.2) is 0 Å². The summed E-state index contributed by atoms with van der Waals surface area (Å²) in [7, 11) is 0. The van der Waals surface area contributed by atoms with Crippen molar-refractivity contribution in [1.29, 1.82) is 0 Å². The van der Waals surface area contributed by atoms with Crippen molar-refractivity contribution in [1.82, 2.24) is 5.32 Å². The third-order valence-corrected chi connectivity index (χ3v) is 1.49. The quantitative estimate of drug-likeness (QED) is 0.369. The molecule has 2 nitrogen and oxygen atoms in total. The van der Waals surface area contributed by atoms with Crippen LogP contribution in [0.3, 0.4) is 0 Å². The van der Waals surface area contributed by atoms with Crippen LogP contribution in [0.4, 0.5) is 0 Å². The Morgan fingerprint density at radius 3 is 2.85 bits per heavy atom. The summed E-state index contributed by atoms with van der Waals surface area (Å²) in [6.45, 7) is 9.88. The average Bonchev–Trinajstić information content (AvgIpc) is 2.17. The Bertz CT molecular complexity index is 183.